The molecule has 3 aromatic carbocycles. The lowest BCUT2D eigenvalue weighted by Crippen LogP contribution is -2.38. The molecule has 1 aliphatic rings. The Labute approximate surface area is 222 Å². The molecule has 6 heteroatoms. The van der Waals surface area contributed by atoms with Crippen LogP contribution in [-0.4, -0.2) is 35.6 Å². The predicted molar refractivity (Wildman–Crippen MR) is 147 cm³/mol. The second kappa shape index (κ2) is 11.3. The molecule has 1 N–H and O–H groups in total. The number of hydrogen-bond acceptors (Lipinski definition) is 3. The normalized spacial score (nSPS) is 14.4. The van der Waals surface area contributed by atoms with Crippen LogP contribution in [0.5, 0.6) is 0 Å². The highest BCUT2D eigenvalue weighted by atomic mass is 79.9. The number of carbonyl (C=O) groups excluding carboxylic acids is 2. The van der Waals surface area contributed by atoms with Gasteiger partial charge in [0.05, 0.1) is 0 Å². The van der Waals surface area contributed by atoms with Gasteiger partial charge in [0.15, 0.2) is 0 Å². The standard InChI is InChI=1S/C30H33BrN2O3/c1-30(2,3)36-29(35)32-20-21-7-4-8-23(17-21)22-13-15-33(16-14-22)28(34)26-11-5-9-24(18-26)25-10-6-12-27(31)19-25/h4-12,17-19,22H,13-16,20H2,1-3H3,(H,32,35). The largest absolute Gasteiger partial charge is 0.444 e. The van der Waals surface area contributed by atoms with Crippen molar-refractivity contribution < 1.29 is 14.3 Å². The number of hydrogen-bond donors (Lipinski definition) is 1. The summed E-state index contributed by atoms with van der Waals surface area (Å²) in [5.74, 6) is 0.476. The molecule has 0 radical (unpaired) electrons. The highest BCUT2D eigenvalue weighted by Crippen LogP contribution is 2.30. The van der Waals surface area contributed by atoms with Crippen molar-refractivity contribution in [1.82, 2.24) is 10.2 Å². The summed E-state index contributed by atoms with van der Waals surface area (Å²) >= 11 is 3.52. The van der Waals surface area contributed by atoms with Crippen LogP contribution in [0.1, 0.15) is 61.0 Å². The van der Waals surface area contributed by atoms with Gasteiger partial charge in [-0.15, -0.1) is 0 Å². The Bertz CT molecular complexity index is 1230. The summed E-state index contributed by atoms with van der Waals surface area (Å²) in [6.07, 6.45) is 1.42. The molecule has 1 heterocycles. The summed E-state index contributed by atoms with van der Waals surface area (Å²) in [4.78, 5) is 27.2. The molecule has 1 fully saturated rings. The van der Waals surface area contributed by atoms with Crippen molar-refractivity contribution in [1.29, 1.82) is 0 Å². The number of carbonyl (C=O) groups is 2. The smallest absolute Gasteiger partial charge is 0.407 e. The van der Waals surface area contributed by atoms with Gasteiger partial charge in [0, 0.05) is 29.7 Å². The maximum Gasteiger partial charge on any atom is 0.407 e. The molecule has 5 nitrogen and oxygen atoms in total. The van der Waals surface area contributed by atoms with Gasteiger partial charge in [0.25, 0.3) is 5.91 Å². The Balaban J connectivity index is 1.35. The van der Waals surface area contributed by atoms with Crippen molar-refractivity contribution in [2.24, 2.45) is 0 Å². The molecule has 0 unspecified atom stereocenters. The number of halogens is 1. The van der Waals surface area contributed by atoms with E-state index in [1.807, 2.05) is 74.2 Å². The van der Waals surface area contributed by atoms with E-state index in [-0.39, 0.29) is 5.91 Å². The van der Waals surface area contributed by atoms with Crippen LogP contribution < -0.4 is 5.32 Å². The van der Waals surface area contributed by atoms with E-state index < -0.39 is 11.7 Å². The lowest BCUT2D eigenvalue weighted by molar-refractivity contribution is 0.0523. The zero-order chi connectivity index (χ0) is 25.7. The predicted octanol–water partition coefficient (Wildman–Crippen LogP) is 7.16. The van der Waals surface area contributed by atoms with Crippen molar-refractivity contribution in [2.75, 3.05) is 13.1 Å². The van der Waals surface area contributed by atoms with E-state index in [2.05, 4.69) is 45.5 Å². The molecule has 0 atom stereocenters. The lowest BCUT2D eigenvalue weighted by atomic mass is 9.88. The zero-order valence-corrected chi connectivity index (χ0v) is 22.7. The van der Waals surface area contributed by atoms with Crippen molar-refractivity contribution in [3.8, 4) is 11.1 Å². The topological polar surface area (TPSA) is 58.6 Å². The van der Waals surface area contributed by atoms with Gasteiger partial charge in [-0.25, -0.2) is 4.79 Å². The van der Waals surface area contributed by atoms with E-state index in [0.29, 0.717) is 12.5 Å². The fourth-order valence-corrected chi connectivity index (χ4v) is 4.94. The Morgan fingerprint density at radius 1 is 0.944 bits per heavy atom. The third-order valence-corrected chi connectivity index (χ3v) is 6.80. The third kappa shape index (κ3) is 6.97. The third-order valence-electron chi connectivity index (χ3n) is 6.31. The molecule has 188 valence electrons. The highest BCUT2D eigenvalue weighted by Gasteiger charge is 2.25. The second-order valence-electron chi connectivity index (χ2n) is 10.3. The van der Waals surface area contributed by atoms with Crippen LogP contribution in [0.4, 0.5) is 4.79 Å². The minimum absolute atomic E-state index is 0.0839. The summed E-state index contributed by atoms with van der Waals surface area (Å²) < 4.78 is 6.34. The number of amides is 2. The first-order valence-electron chi connectivity index (χ1n) is 12.4. The van der Waals surface area contributed by atoms with Gasteiger partial charge in [-0.2, -0.15) is 0 Å². The van der Waals surface area contributed by atoms with Gasteiger partial charge in [0.2, 0.25) is 0 Å². The van der Waals surface area contributed by atoms with Crippen LogP contribution in [0, 0.1) is 0 Å². The molecule has 0 spiro atoms. The van der Waals surface area contributed by atoms with Crippen LogP contribution in [0.3, 0.4) is 0 Å². The second-order valence-corrected chi connectivity index (χ2v) is 11.2. The summed E-state index contributed by atoms with van der Waals surface area (Å²) in [5.41, 5.74) is 4.62. The molecular formula is C30H33BrN2O3. The molecular weight excluding hydrogens is 516 g/mol. The summed E-state index contributed by atoms with van der Waals surface area (Å²) in [6.45, 7) is 7.43. The van der Waals surface area contributed by atoms with E-state index in [0.717, 1.165) is 52.7 Å². The van der Waals surface area contributed by atoms with E-state index in [9.17, 15) is 9.59 Å². The van der Waals surface area contributed by atoms with Gasteiger partial charge in [-0.1, -0.05) is 64.5 Å². The van der Waals surface area contributed by atoms with E-state index >= 15 is 0 Å². The van der Waals surface area contributed by atoms with Crippen LogP contribution in [0.25, 0.3) is 11.1 Å². The van der Waals surface area contributed by atoms with Crippen molar-refractivity contribution in [3.63, 3.8) is 0 Å². The molecule has 2 amide bonds. The fraction of sp³-hybridized carbons (Fsp3) is 0.333. The number of nitrogens with zero attached hydrogens (tertiary/aromatic N) is 1. The maximum atomic E-state index is 13.3. The zero-order valence-electron chi connectivity index (χ0n) is 21.1. The summed E-state index contributed by atoms with van der Waals surface area (Å²) in [5, 5.41) is 2.83. The van der Waals surface area contributed by atoms with Gasteiger partial charge >= 0.3 is 6.09 Å². The number of piperidine rings is 1. The monoisotopic (exact) mass is 548 g/mol. The van der Waals surface area contributed by atoms with Crippen molar-refractivity contribution in [2.45, 2.75) is 51.7 Å². The van der Waals surface area contributed by atoms with Gasteiger partial charge in [-0.05, 0) is 86.1 Å². The van der Waals surface area contributed by atoms with Crippen LogP contribution >= 0.6 is 15.9 Å². The number of nitrogens with one attached hydrogen (secondary N) is 1. The molecule has 0 saturated carbocycles. The SMILES string of the molecule is CC(C)(C)OC(=O)NCc1cccc(C2CCN(C(=O)c3cccc(-c4cccc(Br)c4)c3)CC2)c1. The van der Waals surface area contributed by atoms with Crippen LogP contribution in [0.2, 0.25) is 0 Å². The molecule has 1 aliphatic heterocycles. The van der Waals surface area contributed by atoms with Crippen LogP contribution in [0.15, 0.2) is 77.3 Å². The lowest BCUT2D eigenvalue weighted by Gasteiger charge is -2.32. The minimum atomic E-state index is -0.517. The summed E-state index contributed by atoms with van der Waals surface area (Å²) in [7, 11) is 0. The molecule has 0 bridgehead atoms. The first kappa shape index (κ1) is 26.0. The van der Waals surface area contributed by atoms with E-state index in [1.165, 1.54) is 5.56 Å². The number of likely N-dealkylation sites (tertiary alicyclic amines) is 1. The number of rotatable bonds is 5. The van der Waals surface area contributed by atoms with E-state index in [4.69, 9.17) is 4.74 Å². The Hall–Kier alpha value is -3.12. The Kier molecular flexibility index (Phi) is 8.14. The first-order valence-corrected chi connectivity index (χ1v) is 13.2. The number of alkyl carbamates (subject to hydrolysis) is 1. The van der Waals surface area contributed by atoms with Gasteiger partial charge in [0.1, 0.15) is 5.60 Å². The van der Waals surface area contributed by atoms with E-state index in [1.54, 1.807) is 0 Å². The fourth-order valence-electron chi connectivity index (χ4n) is 4.54. The Morgan fingerprint density at radius 3 is 2.31 bits per heavy atom. The highest BCUT2D eigenvalue weighted by molar-refractivity contribution is 9.10. The van der Waals surface area contributed by atoms with Gasteiger partial charge in [-0.3, -0.25) is 4.79 Å². The van der Waals surface area contributed by atoms with Crippen molar-refractivity contribution >= 4 is 27.9 Å². The molecule has 4 rings (SSSR count). The minimum Gasteiger partial charge on any atom is -0.444 e. The van der Waals surface area contributed by atoms with Crippen LogP contribution in [-0.2, 0) is 11.3 Å². The average Bonchev–Trinajstić information content (AvgIpc) is 2.86. The van der Waals surface area contributed by atoms with Gasteiger partial charge < -0.3 is 15.0 Å². The average molecular weight is 550 g/mol. The number of benzene rings is 3. The molecule has 3 aromatic rings. The summed E-state index contributed by atoms with van der Waals surface area (Å²) in [6, 6.07) is 24.3. The van der Waals surface area contributed by atoms with Crippen molar-refractivity contribution in [3.05, 3.63) is 94.0 Å². The molecule has 36 heavy (non-hydrogen) atoms. The molecule has 1 saturated heterocycles. The number of ether oxygens (including phenoxy) is 1. The Morgan fingerprint density at radius 2 is 1.61 bits per heavy atom. The quantitative estimate of drug-likeness (QED) is 0.368. The maximum absolute atomic E-state index is 13.3. The molecule has 0 aliphatic carbocycles. The first-order chi connectivity index (χ1) is 17.2. The molecule has 0 aromatic heterocycles.